The van der Waals surface area contributed by atoms with Crippen LogP contribution in [0.1, 0.15) is 45.7 Å². The zero-order valence-corrected chi connectivity index (χ0v) is 12.4. The summed E-state index contributed by atoms with van der Waals surface area (Å²) in [5.41, 5.74) is 4.95. The molecule has 0 bridgehead atoms. The first-order chi connectivity index (χ1) is 10.1. The van der Waals surface area contributed by atoms with E-state index < -0.39 is 0 Å². The van der Waals surface area contributed by atoms with E-state index in [0.717, 1.165) is 36.2 Å². The Hall–Kier alpha value is -2.23. The van der Waals surface area contributed by atoms with E-state index in [2.05, 4.69) is 15.3 Å². The van der Waals surface area contributed by atoms with E-state index in [4.69, 9.17) is 0 Å². The lowest BCUT2D eigenvalue weighted by Gasteiger charge is -2.17. The Balaban J connectivity index is 1.87. The second kappa shape index (κ2) is 5.64. The highest BCUT2D eigenvalue weighted by molar-refractivity contribution is 6.04. The minimum Gasteiger partial charge on any atom is -0.290 e. The summed E-state index contributed by atoms with van der Waals surface area (Å²) in [6, 6.07) is 7.52. The lowest BCUT2D eigenvalue weighted by Crippen LogP contribution is -2.18. The van der Waals surface area contributed by atoms with E-state index in [1.54, 1.807) is 0 Å². The Labute approximate surface area is 124 Å². The van der Waals surface area contributed by atoms with Crippen molar-refractivity contribution in [2.24, 2.45) is 0 Å². The highest BCUT2D eigenvalue weighted by atomic mass is 16.1. The summed E-state index contributed by atoms with van der Waals surface area (Å²) >= 11 is 0. The Kier molecular flexibility index (Phi) is 3.69. The van der Waals surface area contributed by atoms with Gasteiger partial charge in [-0.05, 0) is 56.7 Å². The predicted octanol–water partition coefficient (Wildman–Crippen LogP) is 3.22. The van der Waals surface area contributed by atoms with E-state index >= 15 is 0 Å². The fraction of sp³-hybridized carbons (Fsp3) is 0.353. The quantitative estimate of drug-likeness (QED) is 0.919. The normalized spacial score (nSPS) is 13.6. The highest BCUT2D eigenvalue weighted by Crippen LogP contribution is 2.23. The van der Waals surface area contributed by atoms with E-state index in [9.17, 15) is 4.79 Å². The van der Waals surface area contributed by atoms with Crippen molar-refractivity contribution < 1.29 is 4.79 Å². The van der Waals surface area contributed by atoms with Gasteiger partial charge >= 0.3 is 0 Å². The molecule has 21 heavy (non-hydrogen) atoms. The molecular formula is C17H19N3O. The summed E-state index contributed by atoms with van der Waals surface area (Å²) in [6.45, 7) is 3.92. The molecule has 0 atom stereocenters. The number of carbonyl (C=O) groups is 1. The number of nitrogens with zero attached hydrogens (tertiary/aromatic N) is 2. The molecule has 0 radical (unpaired) electrons. The number of benzene rings is 1. The van der Waals surface area contributed by atoms with Crippen LogP contribution in [0.2, 0.25) is 0 Å². The Morgan fingerprint density at radius 2 is 1.86 bits per heavy atom. The monoisotopic (exact) mass is 281 g/mol. The zero-order valence-electron chi connectivity index (χ0n) is 12.4. The van der Waals surface area contributed by atoms with Crippen LogP contribution in [0.15, 0.2) is 24.3 Å². The van der Waals surface area contributed by atoms with Crippen molar-refractivity contribution in [2.75, 3.05) is 5.32 Å². The number of carbonyl (C=O) groups excluding carboxylic acids is 1. The molecule has 3 rings (SSSR count). The fourth-order valence-corrected chi connectivity index (χ4v) is 2.83. The third-order valence-electron chi connectivity index (χ3n) is 4.00. The first kappa shape index (κ1) is 13.7. The molecule has 108 valence electrons. The van der Waals surface area contributed by atoms with Crippen LogP contribution in [0, 0.1) is 13.8 Å². The standard InChI is InChI=1S/C17H19N3O/c1-11-7-3-4-8-13(11)16(21)20-17-18-12(2)14-9-5-6-10-15(14)19-17/h3-4,7-8H,5-6,9-10H2,1-2H3,(H,18,19,20,21). The van der Waals surface area contributed by atoms with Crippen LogP contribution in [-0.4, -0.2) is 15.9 Å². The maximum Gasteiger partial charge on any atom is 0.258 e. The van der Waals surface area contributed by atoms with E-state index in [0.29, 0.717) is 11.5 Å². The molecule has 1 amide bonds. The molecule has 2 aromatic rings. The summed E-state index contributed by atoms with van der Waals surface area (Å²) in [5, 5.41) is 2.83. The van der Waals surface area contributed by atoms with Crippen molar-refractivity contribution in [3.63, 3.8) is 0 Å². The Morgan fingerprint density at radius 1 is 1.10 bits per heavy atom. The van der Waals surface area contributed by atoms with Gasteiger partial charge in [0.2, 0.25) is 5.95 Å². The molecule has 0 unspecified atom stereocenters. The van der Waals surface area contributed by atoms with Crippen molar-refractivity contribution in [1.29, 1.82) is 0 Å². The maximum absolute atomic E-state index is 12.3. The van der Waals surface area contributed by atoms with Gasteiger partial charge in [0.15, 0.2) is 0 Å². The molecule has 0 saturated heterocycles. The van der Waals surface area contributed by atoms with E-state index in [-0.39, 0.29) is 5.91 Å². The molecule has 1 N–H and O–H groups in total. The van der Waals surface area contributed by atoms with Crippen LogP contribution in [0.25, 0.3) is 0 Å². The smallest absolute Gasteiger partial charge is 0.258 e. The molecule has 0 fully saturated rings. The molecule has 4 nitrogen and oxygen atoms in total. The van der Waals surface area contributed by atoms with Crippen molar-refractivity contribution in [2.45, 2.75) is 39.5 Å². The van der Waals surface area contributed by atoms with Crippen LogP contribution in [0.5, 0.6) is 0 Å². The second-order valence-corrected chi connectivity index (χ2v) is 5.53. The van der Waals surface area contributed by atoms with E-state index in [1.807, 2.05) is 38.1 Å². The first-order valence-corrected chi connectivity index (χ1v) is 7.38. The molecule has 1 heterocycles. The number of aromatic nitrogens is 2. The van der Waals surface area contributed by atoms with Crippen molar-refractivity contribution in [3.05, 3.63) is 52.3 Å². The topological polar surface area (TPSA) is 54.9 Å². The van der Waals surface area contributed by atoms with Gasteiger partial charge in [-0.1, -0.05) is 18.2 Å². The summed E-state index contributed by atoms with van der Waals surface area (Å²) in [6.07, 6.45) is 4.39. The number of fused-ring (bicyclic) bond motifs is 1. The number of rotatable bonds is 2. The molecule has 0 saturated carbocycles. The van der Waals surface area contributed by atoms with Gasteiger partial charge in [0.1, 0.15) is 0 Å². The summed E-state index contributed by atoms with van der Waals surface area (Å²) in [5.74, 6) is 0.268. The molecule has 4 heteroatoms. The molecule has 1 aliphatic carbocycles. The van der Waals surface area contributed by atoms with Gasteiger partial charge in [-0.2, -0.15) is 0 Å². The van der Waals surface area contributed by atoms with Gasteiger partial charge in [0, 0.05) is 17.0 Å². The predicted molar refractivity (Wildman–Crippen MR) is 82.5 cm³/mol. The van der Waals surface area contributed by atoms with Crippen LogP contribution >= 0.6 is 0 Å². The number of aryl methyl sites for hydroxylation is 3. The minimum absolute atomic E-state index is 0.150. The third-order valence-corrected chi connectivity index (χ3v) is 4.00. The number of nitrogens with one attached hydrogen (secondary N) is 1. The van der Waals surface area contributed by atoms with Gasteiger partial charge in [-0.3, -0.25) is 10.1 Å². The number of anilines is 1. The maximum atomic E-state index is 12.3. The summed E-state index contributed by atoms with van der Waals surface area (Å²) < 4.78 is 0. The average Bonchev–Trinajstić information content (AvgIpc) is 2.47. The van der Waals surface area contributed by atoms with Gasteiger partial charge < -0.3 is 0 Å². The number of amides is 1. The number of hydrogen-bond donors (Lipinski definition) is 1. The lowest BCUT2D eigenvalue weighted by molar-refractivity contribution is 0.102. The second-order valence-electron chi connectivity index (χ2n) is 5.53. The zero-order chi connectivity index (χ0) is 14.8. The van der Waals surface area contributed by atoms with Gasteiger partial charge in [-0.25, -0.2) is 9.97 Å². The largest absolute Gasteiger partial charge is 0.290 e. The molecule has 1 aromatic heterocycles. The number of hydrogen-bond acceptors (Lipinski definition) is 3. The lowest BCUT2D eigenvalue weighted by atomic mass is 9.95. The van der Waals surface area contributed by atoms with Crippen molar-refractivity contribution in [3.8, 4) is 0 Å². The van der Waals surface area contributed by atoms with Crippen LogP contribution < -0.4 is 5.32 Å². The summed E-state index contributed by atoms with van der Waals surface area (Å²) in [7, 11) is 0. The van der Waals surface area contributed by atoms with Crippen LogP contribution in [-0.2, 0) is 12.8 Å². The Morgan fingerprint density at radius 3 is 2.67 bits per heavy atom. The van der Waals surface area contributed by atoms with Gasteiger partial charge in [-0.15, -0.1) is 0 Å². The Bertz CT molecular complexity index is 694. The average molecular weight is 281 g/mol. The molecule has 1 aromatic carbocycles. The molecular weight excluding hydrogens is 262 g/mol. The van der Waals surface area contributed by atoms with Crippen molar-refractivity contribution >= 4 is 11.9 Å². The SMILES string of the molecule is Cc1ccccc1C(=O)Nc1nc(C)c2c(n1)CCCC2. The van der Waals surface area contributed by atoms with Crippen LogP contribution in [0.4, 0.5) is 5.95 Å². The molecule has 0 spiro atoms. The van der Waals surface area contributed by atoms with Gasteiger partial charge in [0.25, 0.3) is 5.91 Å². The highest BCUT2D eigenvalue weighted by Gasteiger charge is 2.17. The van der Waals surface area contributed by atoms with Crippen LogP contribution in [0.3, 0.4) is 0 Å². The van der Waals surface area contributed by atoms with Crippen molar-refractivity contribution in [1.82, 2.24) is 9.97 Å². The first-order valence-electron chi connectivity index (χ1n) is 7.38. The van der Waals surface area contributed by atoms with Gasteiger partial charge in [0.05, 0.1) is 0 Å². The summed E-state index contributed by atoms with van der Waals surface area (Å²) in [4.78, 5) is 21.3. The van der Waals surface area contributed by atoms with E-state index in [1.165, 1.54) is 12.0 Å². The fourth-order valence-electron chi connectivity index (χ4n) is 2.83. The minimum atomic E-state index is -0.150. The third kappa shape index (κ3) is 2.79. The molecule has 0 aliphatic heterocycles. The molecule has 1 aliphatic rings.